The number of hydrogen-bond donors (Lipinski definition) is 1. The van der Waals surface area contributed by atoms with Crippen molar-refractivity contribution < 1.29 is 23.9 Å². The number of ketones is 1. The van der Waals surface area contributed by atoms with Gasteiger partial charge in [0.2, 0.25) is 0 Å². The molecule has 1 saturated carbocycles. The molecule has 1 amide bonds. The largest absolute Gasteiger partial charge is 0.482 e. The maximum absolute atomic E-state index is 12.9. The van der Waals surface area contributed by atoms with Gasteiger partial charge >= 0.3 is 5.97 Å². The Balaban J connectivity index is 1.46. The second kappa shape index (κ2) is 7.46. The van der Waals surface area contributed by atoms with Gasteiger partial charge in [0, 0.05) is 5.56 Å². The summed E-state index contributed by atoms with van der Waals surface area (Å²) in [5.41, 5.74) is 1.08. The van der Waals surface area contributed by atoms with Crippen LogP contribution < -0.4 is 10.1 Å². The molecule has 6 nitrogen and oxygen atoms in total. The van der Waals surface area contributed by atoms with Crippen molar-refractivity contribution in [3.63, 3.8) is 0 Å². The van der Waals surface area contributed by atoms with Crippen molar-refractivity contribution in [2.75, 3.05) is 18.5 Å². The lowest BCUT2D eigenvalue weighted by Gasteiger charge is -2.27. The van der Waals surface area contributed by atoms with Crippen LogP contribution in [0.4, 0.5) is 5.69 Å². The summed E-state index contributed by atoms with van der Waals surface area (Å²) in [6.45, 7) is -0.375. The highest BCUT2D eigenvalue weighted by Gasteiger charge is 2.44. The molecule has 2 aromatic carbocycles. The Morgan fingerprint density at radius 3 is 2.57 bits per heavy atom. The fraction of sp³-hybridized carbons (Fsp3) is 0.318. The lowest BCUT2D eigenvalue weighted by atomic mass is 9.79. The Labute approximate surface area is 162 Å². The van der Waals surface area contributed by atoms with Crippen LogP contribution >= 0.6 is 0 Å². The number of carbonyl (C=O) groups is 3. The number of fused-ring (bicyclic) bond motifs is 1. The molecule has 0 bridgehead atoms. The van der Waals surface area contributed by atoms with E-state index < -0.39 is 5.41 Å². The smallest absolute Gasteiger partial charge is 0.317 e. The highest BCUT2D eigenvalue weighted by atomic mass is 16.5. The second-order valence-corrected chi connectivity index (χ2v) is 7.20. The zero-order valence-corrected chi connectivity index (χ0v) is 15.4. The minimum atomic E-state index is -0.667. The van der Waals surface area contributed by atoms with E-state index in [-0.39, 0.29) is 30.9 Å². The summed E-state index contributed by atoms with van der Waals surface area (Å²) in [5, 5.41) is 2.67. The van der Waals surface area contributed by atoms with Crippen LogP contribution in [0.1, 0.15) is 41.6 Å². The van der Waals surface area contributed by atoms with E-state index in [4.69, 9.17) is 9.47 Å². The van der Waals surface area contributed by atoms with Gasteiger partial charge in [-0.1, -0.05) is 43.2 Å². The molecule has 0 unspecified atom stereocenters. The van der Waals surface area contributed by atoms with Crippen LogP contribution in [0.5, 0.6) is 5.75 Å². The normalized spacial score (nSPS) is 17.2. The number of amides is 1. The van der Waals surface area contributed by atoms with Crippen molar-refractivity contribution in [3.8, 4) is 5.75 Å². The van der Waals surface area contributed by atoms with Gasteiger partial charge in [-0.3, -0.25) is 14.4 Å². The van der Waals surface area contributed by atoms with Crippen molar-refractivity contribution in [1.29, 1.82) is 0 Å². The van der Waals surface area contributed by atoms with Gasteiger partial charge in [0.25, 0.3) is 5.91 Å². The van der Waals surface area contributed by atoms with Crippen LogP contribution in [0, 0.1) is 0 Å². The number of rotatable bonds is 5. The molecule has 1 N–H and O–H groups in total. The molecule has 0 spiro atoms. The lowest BCUT2D eigenvalue weighted by molar-refractivity contribution is -0.149. The number of benzene rings is 2. The van der Waals surface area contributed by atoms with Crippen LogP contribution in [-0.2, 0) is 19.7 Å². The number of anilines is 1. The third-order valence-corrected chi connectivity index (χ3v) is 5.44. The molecule has 1 aliphatic heterocycles. The zero-order valence-electron chi connectivity index (χ0n) is 15.4. The van der Waals surface area contributed by atoms with Gasteiger partial charge in [-0.25, -0.2) is 0 Å². The van der Waals surface area contributed by atoms with Crippen molar-refractivity contribution in [1.82, 2.24) is 0 Å². The van der Waals surface area contributed by atoms with Crippen molar-refractivity contribution in [2.45, 2.75) is 31.1 Å². The number of ether oxygens (including phenoxy) is 2. The van der Waals surface area contributed by atoms with E-state index in [0.717, 1.165) is 31.2 Å². The van der Waals surface area contributed by atoms with Gasteiger partial charge in [-0.2, -0.15) is 0 Å². The highest BCUT2D eigenvalue weighted by molar-refractivity contribution is 6.02. The van der Waals surface area contributed by atoms with Crippen molar-refractivity contribution >= 4 is 23.3 Å². The third kappa shape index (κ3) is 3.38. The fourth-order valence-electron chi connectivity index (χ4n) is 3.96. The molecule has 2 aromatic rings. The quantitative estimate of drug-likeness (QED) is 0.637. The van der Waals surface area contributed by atoms with E-state index in [0.29, 0.717) is 17.0 Å². The van der Waals surface area contributed by atoms with Gasteiger partial charge in [0.05, 0.1) is 11.1 Å². The van der Waals surface area contributed by atoms with E-state index in [1.54, 1.807) is 18.2 Å². The Bertz CT molecular complexity index is 916. The number of esters is 1. The zero-order chi connectivity index (χ0) is 19.6. The van der Waals surface area contributed by atoms with Gasteiger partial charge < -0.3 is 14.8 Å². The van der Waals surface area contributed by atoms with E-state index in [9.17, 15) is 14.4 Å². The summed E-state index contributed by atoms with van der Waals surface area (Å²) in [6, 6.07) is 14.4. The molecule has 2 aliphatic rings. The first-order chi connectivity index (χ1) is 13.6. The van der Waals surface area contributed by atoms with Gasteiger partial charge in [-0.05, 0) is 36.6 Å². The van der Waals surface area contributed by atoms with Gasteiger partial charge in [-0.15, -0.1) is 0 Å². The molecular weight excluding hydrogens is 358 g/mol. The first-order valence-electron chi connectivity index (χ1n) is 9.41. The van der Waals surface area contributed by atoms with Crippen LogP contribution in [0.15, 0.2) is 48.5 Å². The van der Waals surface area contributed by atoms with Crippen LogP contribution in [0.25, 0.3) is 0 Å². The topological polar surface area (TPSA) is 81.7 Å². The first kappa shape index (κ1) is 18.2. The maximum atomic E-state index is 12.9. The average molecular weight is 379 g/mol. The molecule has 1 heterocycles. The SMILES string of the molecule is O=C1COc2ccc(C(=O)COC(=O)C3(c4ccccc4)CCCC3)cc2N1. The van der Waals surface area contributed by atoms with E-state index in [1.807, 2.05) is 30.3 Å². The first-order valence-corrected chi connectivity index (χ1v) is 9.41. The molecule has 1 aliphatic carbocycles. The van der Waals surface area contributed by atoms with E-state index >= 15 is 0 Å². The van der Waals surface area contributed by atoms with Crippen LogP contribution in [-0.4, -0.2) is 30.9 Å². The minimum absolute atomic E-state index is 0.0422. The molecule has 0 aromatic heterocycles. The summed E-state index contributed by atoms with van der Waals surface area (Å²) in [4.78, 5) is 36.9. The number of hydrogen-bond acceptors (Lipinski definition) is 5. The molecule has 0 atom stereocenters. The van der Waals surface area contributed by atoms with Crippen LogP contribution in [0.2, 0.25) is 0 Å². The molecule has 1 fully saturated rings. The van der Waals surface area contributed by atoms with Gasteiger partial charge in [0.1, 0.15) is 5.75 Å². The predicted molar refractivity (Wildman–Crippen MR) is 102 cm³/mol. The highest BCUT2D eigenvalue weighted by Crippen LogP contribution is 2.42. The Kier molecular flexibility index (Phi) is 4.86. The predicted octanol–water partition coefficient (Wildman–Crippen LogP) is 3.26. The van der Waals surface area contributed by atoms with Gasteiger partial charge in [0.15, 0.2) is 19.0 Å². The lowest BCUT2D eigenvalue weighted by Crippen LogP contribution is -2.35. The summed E-state index contributed by atoms with van der Waals surface area (Å²) < 4.78 is 10.7. The number of Topliss-reactive ketones (excluding diaryl/α,β-unsaturated/α-hetero) is 1. The second-order valence-electron chi connectivity index (χ2n) is 7.20. The minimum Gasteiger partial charge on any atom is -0.482 e. The number of carbonyl (C=O) groups excluding carboxylic acids is 3. The Morgan fingerprint density at radius 1 is 1.07 bits per heavy atom. The molecule has 4 rings (SSSR count). The Morgan fingerprint density at radius 2 is 1.82 bits per heavy atom. The summed E-state index contributed by atoms with van der Waals surface area (Å²) in [5.74, 6) is -0.423. The third-order valence-electron chi connectivity index (χ3n) is 5.44. The molecule has 0 saturated heterocycles. The summed E-state index contributed by atoms with van der Waals surface area (Å²) >= 11 is 0. The summed E-state index contributed by atoms with van der Waals surface area (Å²) in [7, 11) is 0. The number of nitrogens with one attached hydrogen (secondary N) is 1. The summed E-state index contributed by atoms with van der Waals surface area (Å²) in [6.07, 6.45) is 3.38. The van der Waals surface area contributed by atoms with Crippen LogP contribution in [0.3, 0.4) is 0 Å². The molecule has 0 radical (unpaired) electrons. The van der Waals surface area contributed by atoms with E-state index in [2.05, 4.69) is 5.32 Å². The van der Waals surface area contributed by atoms with Crippen molar-refractivity contribution in [2.24, 2.45) is 0 Å². The molecule has 144 valence electrons. The molecule has 28 heavy (non-hydrogen) atoms. The standard InChI is InChI=1S/C22H21NO5/c24-18(15-8-9-19-17(12-15)23-20(25)14-27-19)13-28-21(26)22(10-4-5-11-22)16-6-2-1-3-7-16/h1-3,6-9,12H,4-5,10-11,13-14H2,(H,23,25). The maximum Gasteiger partial charge on any atom is 0.317 e. The van der Waals surface area contributed by atoms with E-state index in [1.165, 1.54) is 0 Å². The monoisotopic (exact) mass is 379 g/mol. The molecule has 6 heteroatoms. The Hall–Kier alpha value is -3.15. The van der Waals surface area contributed by atoms with Crippen molar-refractivity contribution in [3.05, 3.63) is 59.7 Å². The fourth-order valence-corrected chi connectivity index (χ4v) is 3.96. The molecular formula is C22H21NO5. The average Bonchev–Trinajstić information content (AvgIpc) is 3.23.